The molecular weight excluding hydrogens is 321 g/mol. The normalized spacial score (nSPS) is 25.0. The molecule has 1 aliphatic carbocycles. The van der Waals surface area contributed by atoms with Crippen LogP contribution in [0.15, 0.2) is 0 Å². The van der Waals surface area contributed by atoms with Crippen LogP contribution in [0.2, 0.25) is 0 Å². The fourth-order valence-electron chi connectivity index (χ4n) is 3.85. The van der Waals surface area contributed by atoms with E-state index in [2.05, 4.69) is 10.2 Å². The van der Waals surface area contributed by atoms with Gasteiger partial charge in [-0.05, 0) is 12.8 Å². The average molecular weight is 344 g/mol. The topological polar surface area (TPSA) is 51.0 Å². The van der Waals surface area contributed by atoms with E-state index >= 15 is 0 Å². The molecular formula is C16H23F3N4O. The summed E-state index contributed by atoms with van der Waals surface area (Å²) in [6.07, 6.45) is -2.70. The Labute approximate surface area is 139 Å². The zero-order valence-corrected chi connectivity index (χ0v) is 14.0. The maximum atomic E-state index is 13.3. The van der Waals surface area contributed by atoms with Gasteiger partial charge in [-0.2, -0.15) is 13.2 Å². The summed E-state index contributed by atoms with van der Waals surface area (Å²) in [5, 5.41) is 8.27. The number of nitrogens with zero attached hydrogens (tertiary/aromatic N) is 4. The van der Waals surface area contributed by atoms with Crippen molar-refractivity contribution in [2.24, 2.45) is 11.8 Å². The molecule has 0 N–H and O–H groups in total. The molecule has 1 fully saturated rings. The fourth-order valence-corrected chi connectivity index (χ4v) is 3.85. The summed E-state index contributed by atoms with van der Waals surface area (Å²) in [5.41, 5.74) is 0. The summed E-state index contributed by atoms with van der Waals surface area (Å²) < 4.78 is 41.7. The molecule has 0 aromatic carbocycles. The van der Waals surface area contributed by atoms with Crippen molar-refractivity contribution in [3.8, 4) is 0 Å². The van der Waals surface area contributed by atoms with E-state index in [0.29, 0.717) is 38.2 Å². The molecule has 1 saturated carbocycles. The summed E-state index contributed by atoms with van der Waals surface area (Å²) in [4.78, 5) is 14.3. The van der Waals surface area contributed by atoms with E-state index in [4.69, 9.17) is 0 Å². The molecule has 2 heterocycles. The molecule has 0 radical (unpaired) electrons. The molecule has 5 nitrogen and oxygen atoms in total. The number of hydrogen-bond donors (Lipinski definition) is 0. The maximum Gasteiger partial charge on any atom is 0.392 e. The van der Waals surface area contributed by atoms with Crippen LogP contribution in [0.5, 0.6) is 0 Å². The highest BCUT2D eigenvalue weighted by Crippen LogP contribution is 2.42. The molecule has 2 atom stereocenters. The maximum absolute atomic E-state index is 13.3. The molecule has 0 bridgehead atoms. The first-order valence-electron chi connectivity index (χ1n) is 8.56. The Balaban J connectivity index is 1.76. The van der Waals surface area contributed by atoms with Crippen molar-refractivity contribution in [2.75, 3.05) is 6.54 Å². The highest BCUT2D eigenvalue weighted by molar-refractivity contribution is 5.79. The molecule has 0 spiro atoms. The largest absolute Gasteiger partial charge is 0.392 e. The number of aromatic nitrogens is 3. The van der Waals surface area contributed by atoms with Gasteiger partial charge in [-0.25, -0.2) is 0 Å². The van der Waals surface area contributed by atoms with Gasteiger partial charge in [-0.3, -0.25) is 4.79 Å². The van der Waals surface area contributed by atoms with E-state index in [1.807, 2.05) is 18.4 Å². The van der Waals surface area contributed by atoms with E-state index in [1.54, 1.807) is 0 Å². The summed E-state index contributed by atoms with van der Waals surface area (Å²) in [7, 11) is 0. The Morgan fingerprint density at radius 1 is 1.17 bits per heavy atom. The number of halogens is 3. The van der Waals surface area contributed by atoms with Crippen LogP contribution in [0.4, 0.5) is 13.2 Å². The van der Waals surface area contributed by atoms with Crippen LogP contribution in [0.25, 0.3) is 0 Å². The summed E-state index contributed by atoms with van der Waals surface area (Å²) in [6, 6.07) is 0. The molecule has 8 heteroatoms. The standard InChI is InChI=1S/C16H23F3N4O/c1-10(2)14-21-20-13-9-22(7-8-23(13)14)15(24)11-5-3-4-6-12(11)16(17,18)19/h10-12H,3-9H2,1-2H3/t11-,12-/m0/s1. The van der Waals surface area contributed by atoms with E-state index in [-0.39, 0.29) is 24.8 Å². The van der Waals surface area contributed by atoms with Crippen molar-refractivity contribution in [3.05, 3.63) is 11.6 Å². The smallest absolute Gasteiger partial charge is 0.333 e. The third-order valence-electron chi connectivity index (χ3n) is 5.11. The Kier molecular flexibility index (Phi) is 4.57. The van der Waals surface area contributed by atoms with Gasteiger partial charge in [0.1, 0.15) is 5.82 Å². The third-order valence-corrected chi connectivity index (χ3v) is 5.11. The Morgan fingerprint density at radius 3 is 2.54 bits per heavy atom. The fraction of sp³-hybridized carbons (Fsp3) is 0.812. The van der Waals surface area contributed by atoms with Gasteiger partial charge in [-0.15, -0.1) is 10.2 Å². The second-order valence-corrected chi connectivity index (χ2v) is 7.08. The molecule has 1 aromatic rings. The summed E-state index contributed by atoms with van der Waals surface area (Å²) in [6.45, 7) is 5.25. The first-order chi connectivity index (χ1) is 11.3. The van der Waals surface area contributed by atoms with Crippen molar-refractivity contribution in [3.63, 3.8) is 0 Å². The number of amides is 1. The molecule has 24 heavy (non-hydrogen) atoms. The average Bonchev–Trinajstić information content (AvgIpc) is 2.96. The molecule has 2 aliphatic rings. The lowest BCUT2D eigenvalue weighted by atomic mass is 9.78. The minimum atomic E-state index is -4.30. The van der Waals surface area contributed by atoms with Crippen molar-refractivity contribution in [2.45, 2.75) is 64.7 Å². The van der Waals surface area contributed by atoms with Crippen LogP contribution < -0.4 is 0 Å². The van der Waals surface area contributed by atoms with Crippen molar-refractivity contribution in [1.82, 2.24) is 19.7 Å². The second kappa shape index (κ2) is 6.37. The van der Waals surface area contributed by atoms with Crippen molar-refractivity contribution >= 4 is 5.91 Å². The predicted octanol–water partition coefficient (Wildman–Crippen LogP) is 3.11. The van der Waals surface area contributed by atoms with Gasteiger partial charge < -0.3 is 9.47 Å². The van der Waals surface area contributed by atoms with Crippen LogP contribution in [0, 0.1) is 11.8 Å². The first-order valence-corrected chi connectivity index (χ1v) is 8.56. The van der Waals surface area contributed by atoms with Gasteiger partial charge in [0.2, 0.25) is 5.91 Å². The Hall–Kier alpha value is -1.60. The molecule has 0 unspecified atom stereocenters. The van der Waals surface area contributed by atoms with Crippen molar-refractivity contribution in [1.29, 1.82) is 0 Å². The van der Waals surface area contributed by atoms with Gasteiger partial charge in [0.25, 0.3) is 0 Å². The molecule has 3 rings (SSSR count). The Bertz CT molecular complexity index is 611. The lowest BCUT2D eigenvalue weighted by Crippen LogP contribution is -2.47. The van der Waals surface area contributed by atoms with Crippen LogP contribution in [-0.2, 0) is 17.9 Å². The zero-order valence-electron chi connectivity index (χ0n) is 14.0. The van der Waals surface area contributed by atoms with Crippen LogP contribution >= 0.6 is 0 Å². The summed E-state index contributed by atoms with van der Waals surface area (Å²) >= 11 is 0. The first kappa shape index (κ1) is 17.2. The van der Waals surface area contributed by atoms with E-state index in [1.165, 1.54) is 4.90 Å². The minimum Gasteiger partial charge on any atom is -0.333 e. The second-order valence-electron chi connectivity index (χ2n) is 7.08. The number of alkyl halides is 3. The lowest BCUT2D eigenvalue weighted by Gasteiger charge is -2.37. The molecule has 1 amide bonds. The van der Waals surface area contributed by atoms with Gasteiger partial charge in [-0.1, -0.05) is 26.7 Å². The van der Waals surface area contributed by atoms with Gasteiger partial charge in [0.15, 0.2) is 5.82 Å². The van der Waals surface area contributed by atoms with Crippen LogP contribution in [0.3, 0.4) is 0 Å². The molecule has 134 valence electrons. The lowest BCUT2D eigenvalue weighted by molar-refractivity contribution is -0.201. The molecule has 1 aliphatic heterocycles. The monoisotopic (exact) mass is 344 g/mol. The van der Waals surface area contributed by atoms with Crippen molar-refractivity contribution < 1.29 is 18.0 Å². The van der Waals surface area contributed by atoms with E-state index in [0.717, 1.165) is 5.82 Å². The minimum absolute atomic E-state index is 0.0570. The van der Waals surface area contributed by atoms with E-state index in [9.17, 15) is 18.0 Å². The predicted molar refractivity (Wildman–Crippen MR) is 81.0 cm³/mol. The van der Waals surface area contributed by atoms with Gasteiger partial charge in [0, 0.05) is 24.9 Å². The third kappa shape index (κ3) is 3.15. The molecule has 1 aromatic heterocycles. The van der Waals surface area contributed by atoms with E-state index < -0.39 is 18.0 Å². The quantitative estimate of drug-likeness (QED) is 0.828. The Morgan fingerprint density at radius 2 is 1.88 bits per heavy atom. The summed E-state index contributed by atoms with van der Waals surface area (Å²) in [5.74, 6) is -1.08. The molecule has 0 saturated heterocycles. The van der Waals surface area contributed by atoms with Gasteiger partial charge in [0.05, 0.1) is 12.5 Å². The highest BCUT2D eigenvalue weighted by Gasteiger charge is 2.49. The SMILES string of the molecule is CC(C)c1nnc2n1CCN(C(=O)[C@H]1CCCC[C@@H]1C(F)(F)F)C2. The van der Waals surface area contributed by atoms with Gasteiger partial charge >= 0.3 is 6.18 Å². The zero-order chi connectivity index (χ0) is 17.5. The number of carbonyl (C=O) groups is 1. The number of carbonyl (C=O) groups excluding carboxylic acids is 1. The number of rotatable bonds is 2. The van der Waals surface area contributed by atoms with Crippen LogP contribution in [0.1, 0.15) is 57.1 Å². The number of hydrogen-bond acceptors (Lipinski definition) is 3. The number of fused-ring (bicyclic) bond motifs is 1. The van der Waals surface area contributed by atoms with Crippen LogP contribution in [-0.4, -0.2) is 38.3 Å². The highest BCUT2D eigenvalue weighted by atomic mass is 19.4.